The molecule has 35 heavy (non-hydrogen) atoms. The van der Waals surface area contributed by atoms with E-state index in [0.29, 0.717) is 23.3 Å². The number of carboxylic acids is 1. The summed E-state index contributed by atoms with van der Waals surface area (Å²) in [6.07, 6.45) is 0. The molecule has 0 atom stereocenters. The molecule has 176 valence electrons. The van der Waals surface area contributed by atoms with Crippen LogP contribution in [-0.4, -0.2) is 23.7 Å². The summed E-state index contributed by atoms with van der Waals surface area (Å²) in [5.74, 6) is -1.18. The summed E-state index contributed by atoms with van der Waals surface area (Å²) >= 11 is 0. The molecule has 0 spiro atoms. The number of benzene rings is 4. The van der Waals surface area contributed by atoms with Crippen LogP contribution in [0.2, 0.25) is 0 Å². The van der Waals surface area contributed by atoms with Gasteiger partial charge in [-0.25, -0.2) is 9.59 Å². The number of carboxylic acid groups (broad SMARTS) is 1. The molecule has 1 N–H and O–H groups in total. The third-order valence-corrected chi connectivity index (χ3v) is 5.89. The molecule has 0 aromatic heterocycles. The quantitative estimate of drug-likeness (QED) is 0.288. The molecule has 0 aliphatic rings. The fourth-order valence-electron chi connectivity index (χ4n) is 4.28. The molecule has 4 nitrogen and oxygen atoms in total. The lowest BCUT2D eigenvalue weighted by Gasteiger charge is -2.21. The second-order valence-corrected chi connectivity index (χ2v) is 8.93. The maximum absolute atomic E-state index is 13.2. The molecule has 4 aromatic rings. The second kappa shape index (κ2) is 10.4. The van der Waals surface area contributed by atoms with Crippen molar-refractivity contribution in [2.45, 2.75) is 20.8 Å². The lowest BCUT2D eigenvalue weighted by atomic mass is 9.82. The van der Waals surface area contributed by atoms with Gasteiger partial charge < -0.3 is 9.84 Å². The minimum atomic E-state index is -0.999. The highest BCUT2D eigenvalue weighted by molar-refractivity contribution is 6.07. The Morgan fingerprint density at radius 2 is 1.29 bits per heavy atom. The number of aromatic carboxylic acids is 1. The molecule has 0 bridgehead atoms. The Morgan fingerprint density at radius 3 is 1.91 bits per heavy atom. The Kier molecular flexibility index (Phi) is 7.11. The third kappa shape index (κ3) is 5.02. The Balaban J connectivity index is 2.07. The third-order valence-electron chi connectivity index (χ3n) is 5.89. The first kappa shape index (κ1) is 24.0. The van der Waals surface area contributed by atoms with Gasteiger partial charge in [-0.3, -0.25) is 0 Å². The van der Waals surface area contributed by atoms with Gasteiger partial charge in [-0.15, -0.1) is 0 Å². The van der Waals surface area contributed by atoms with E-state index >= 15 is 0 Å². The zero-order valence-electron chi connectivity index (χ0n) is 20.1. The first-order valence-corrected chi connectivity index (χ1v) is 11.7. The SMILES string of the molecule is Cc1ccc(-c2ccccc2)c(-c2ccccc2C(=O)OCC(C)C)c1-c1ccccc1C(=O)O. The summed E-state index contributed by atoms with van der Waals surface area (Å²) in [6.45, 7) is 6.27. The van der Waals surface area contributed by atoms with Gasteiger partial charge in [0.2, 0.25) is 0 Å². The van der Waals surface area contributed by atoms with Crippen LogP contribution in [0.3, 0.4) is 0 Å². The van der Waals surface area contributed by atoms with E-state index in [1.807, 2.05) is 93.6 Å². The highest BCUT2D eigenvalue weighted by Gasteiger charge is 2.24. The molecular formula is C31H28O4. The fraction of sp³-hybridized carbons (Fsp3) is 0.161. The van der Waals surface area contributed by atoms with Gasteiger partial charge in [-0.1, -0.05) is 92.7 Å². The molecule has 0 saturated heterocycles. The molecule has 0 radical (unpaired) electrons. The van der Waals surface area contributed by atoms with Crippen molar-refractivity contribution in [3.8, 4) is 33.4 Å². The van der Waals surface area contributed by atoms with Gasteiger partial charge in [0, 0.05) is 0 Å². The number of carbonyl (C=O) groups excluding carboxylic acids is 1. The molecule has 0 aliphatic carbocycles. The predicted molar refractivity (Wildman–Crippen MR) is 140 cm³/mol. The predicted octanol–water partition coefficient (Wildman–Crippen LogP) is 7.51. The fourth-order valence-corrected chi connectivity index (χ4v) is 4.28. The largest absolute Gasteiger partial charge is 0.478 e. The van der Waals surface area contributed by atoms with Crippen molar-refractivity contribution in [2.24, 2.45) is 5.92 Å². The van der Waals surface area contributed by atoms with Crippen molar-refractivity contribution in [2.75, 3.05) is 6.61 Å². The molecule has 0 aliphatic heterocycles. The summed E-state index contributed by atoms with van der Waals surface area (Å²) < 4.78 is 5.60. The Morgan fingerprint density at radius 1 is 0.714 bits per heavy atom. The molecule has 0 heterocycles. The van der Waals surface area contributed by atoms with Gasteiger partial charge >= 0.3 is 11.9 Å². The molecule has 0 fully saturated rings. The maximum atomic E-state index is 13.2. The summed E-state index contributed by atoms with van der Waals surface area (Å²) in [6, 6.07) is 28.3. The van der Waals surface area contributed by atoms with E-state index in [4.69, 9.17) is 4.74 Å². The van der Waals surface area contributed by atoms with Crippen LogP contribution < -0.4 is 0 Å². The van der Waals surface area contributed by atoms with E-state index in [1.54, 1.807) is 18.2 Å². The van der Waals surface area contributed by atoms with E-state index in [9.17, 15) is 14.7 Å². The number of hydrogen-bond donors (Lipinski definition) is 1. The van der Waals surface area contributed by atoms with E-state index in [0.717, 1.165) is 27.8 Å². The average molecular weight is 465 g/mol. The summed E-state index contributed by atoms with van der Waals surface area (Å²) in [5.41, 5.74) is 6.37. The van der Waals surface area contributed by atoms with Crippen LogP contribution in [-0.2, 0) is 4.74 Å². The van der Waals surface area contributed by atoms with Gasteiger partial charge in [-0.05, 0) is 63.9 Å². The normalized spacial score (nSPS) is 10.9. The second-order valence-electron chi connectivity index (χ2n) is 8.93. The van der Waals surface area contributed by atoms with Crippen molar-refractivity contribution in [3.63, 3.8) is 0 Å². The van der Waals surface area contributed by atoms with E-state index in [-0.39, 0.29) is 11.5 Å². The molecule has 0 unspecified atom stereocenters. The van der Waals surface area contributed by atoms with Gasteiger partial charge in [0.15, 0.2) is 0 Å². The average Bonchev–Trinajstić information content (AvgIpc) is 2.87. The lowest BCUT2D eigenvalue weighted by Crippen LogP contribution is -2.12. The highest BCUT2D eigenvalue weighted by atomic mass is 16.5. The number of hydrogen-bond acceptors (Lipinski definition) is 3. The number of rotatable bonds is 7. The zero-order chi connectivity index (χ0) is 24.9. The Labute approximate surface area is 205 Å². The van der Waals surface area contributed by atoms with Crippen molar-refractivity contribution in [1.82, 2.24) is 0 Å². The van der Waals surface area contributed by atoms with Gasteiger partial charge in [0.25, 0.3) is 0 Å². The van der Waals surface area contributed by atoms with Crippen LogP contribution in [0.4, 0.5) is 0 Å². The van der Waals surface area contributed by atoms with E-state index in [2.05, 4.69) is 0 Å². The summed E-state index contributed by atoms with van der Waals surface area (Å²) in [5, 5.41) is 9.96. The monoisotopic (exact) mass is 464 g/mol. The molecule has 4 heteroatoms. The van der Waals surface area contributed by atoms with Gasteiger partial charge in [0.05, 0.1) is 17.7 Å². The Bertz CT molecular complexity index is 1370. The molecule has 0 saturated carbocycles. The van der Waals surface area contributed by atoms with Crippen molar-refractivity contribution < 1.29 is 19.4 Å². The number of esters is 1. The standard InChI is InChI=1S/C31H28O4/c1-20(2)19-35-31(34)27-16-10-8-14-25(27)29-23(22-11-5-4-6-12-22)18-17-21(3)28(29)24-13-7-9-15-26(24)30(32)33/h4-18,20H,19H2,1-3H3,(H,32,33). The van der Waals surface area contributed by atoms with Crippen LogP contribution in [0, 0.1) is 12.8 Å². The summed E-state index contributed by atoms with van der Waals surface area (Å²) in [7, 11) is 0. The van der Waals surface area contributed by atoms with Crippen LogP contribution >= 0.6 is 0 Å². The van der Waals surface area contributed by atoms with Gasteiger partial charge in [0.1, 0.15) is 0 Å². The Hall–Kier alpha value is -4.18. The molecule has 0 amide bonds. The molecular weight excluding hydrogens is 436 g/mol. The lowest BCUT2D eigenvalue weighted by molar-refractivity contribution is 0.0459. The first-order chi connectivity index (χ1) is 16.9. The van der Waals surface area contributed by atoms with Crippen LogP contribution in [0.5, 0.6) is 0 Å². The van der Waals surface area contributed by atoms with Crippen LogP contribution in [0.25, 0.3) is 33.4 Å². The minimum absolute atomic E-state index is 0.210. The van der Waals surface area contributed by atoms with E-state index in [1.165, 1.54) is 0 Å². The first-order valence-electron chi connectivity index (χ1n) is 11.7. The number of aryl methyl sites for hydroxylation is 1. The molecule has 4 rings (SSSR count). The van der Waals surface area contributed by atoms with Crippen molar-refractivity contribution in [3.05, 3.63) is 108 Å². The topological polar surface area (TPSA) is 63.6 Å². The number of carbonyl (C=O) groups is 2. The highest BCUT2D eigenvalue weighted by Crippen LogP contribution is 2.44. The van der Waals surface area contributed by atoms with Crippen molar-refractivity contribution in [1.29, 1.82) is 0 Å². The smallest absolute Gasteiger partial charge is 0.338 e. The summed E-state index contributed by atoms with van der Waals surface area (Å²) in [4.78, 5) is 25.3. The maximum Gasteiger partial charge on any atom is 0.338 e. The minimum Gasteiger partial charge on any atom is -0.478 e. The number of ether oxygens (including phenoxy) is 1. The molecule has 4 aromatic carbocycles. The van der Waals surface area contributed by atoms with Crippen LogP contribution in [0.15, 0.2) is 91.0 Å². The van der Waals surface area contributed by atoms with Crippen LogP contribution in [0.1, 0.15) is 40.1 Å². The van der Waals surface area contributed by atoms with Gasteiger partial charge in [-0.2, -0.15) is 0 Å². The zero-order valence-corrected chi connectivity index (χ0v) is 20.1. The van der Waals surface area contributed by atoms with Crippen molar-refractivity contribution >= 4 is 11.9 Å². The van der Waals surface area contributed by atoms with E-state index < -0.39 is 11.9 Å².